The molecule has 1 N–H and O–H groups in total. The Labute approximate surface area is 130 Å². The summed E-state index contributed by atoms with van der Waals surface area (Å²) in [6.07, 6.45) is 8.38. The van der Waals surface area contributed by atoms with Gasteiger partial charge < -0.3 is 15.0 Å². The van der Waals surface area contributed by atoms with E-state index in [0.717, 1.165) is 25.3 Å². The highest BCUT2D eigenvalue weighted by atomic mass is 16.5. The van der Waals surface area contributed by atoms with Crippen LogP contribution in [-0.2, 0) is 9.53 Å². The molecule has 0 aromatic carbocycles. The lowest BCUT2D eigenvalue weighted by Crippen LogP contribution is -2.48. The lowest BCUT2D eigenvalue weighted by molar-refractivity contribution is -0.150. The molecule has 1 saturated carbocycles. The highest BCUT2D eigenvalue weighted by Crippen LogP contribution is 2.27. The average Bonchev–Trinajstić information content (AvgIpc) is 3.31. The van der Waals surface area contributed by atoms with Gasteiger partial charge in [0, 0.05) is 6.04 Å². The summed E-state index contributed by atoms with van der Waals surface area (Å²) in [6.45, 7) is 8.91. The second kappa shape index (κ2) is 9.42. The van der Waals surface area contributed by atoms with E-state index in [1.54, 1.807) is 0 Å². The van der Waals surface area contributed by atoms with E-state index in [9.17, 15) is 4.79 Å². The van der Waals surface area contributed by atoms with Crippen LogP contribution in [0.2, 0.25) is 0 Å². The molecule has 0 radical (unpaired) electrons. The molecule has 4 nitrogen and oxygen atoms in total. The molecule has 0 bridgehead atoms. The zero-order chi connectivity index (χ0) is 15.7. The number of nitrogens with zero attached hydrogens (tertiary/aromatic N) is 1. The molecule has 0 saturated heterocycles. The van der Waals surface area contributed by atoms with Gasteiger partial charge in [-0.05, 0) is 72.5 Å². The molecule has 0 amide bonds. The summed E-state index contributed by atoms with van der Waals surface area (Å²) in [7, 11) is 1.84. The zero-order valence-electron chi connectivity index (χ0n) is 14.4. The molecular formula is C17H34N2O2. The minimum Gasteiger partial charge on any atom is -0.465 e. The summed E-state index contributed by atoms with van der Waals surface area (Å²) < 4.78 is 5.17. The van der Waals surface area contributed by atoms with Crippen molar-refractivity contribution in [1.82, 2.24) is 10.2 Å². The monoisotopic (exact) mass is 298 g/mol. The van der Waals surface area contributed by atoms with Crippen molar-refractivity contribution in [3.63, 3.8) is 0 Å². The van der Waals surface area contributed by atoms with Gasteiger partial charge in [-0.1, -0.05) is 13.3 Å². The van der Waals surface area contributed by atoms with Gasteiger partial charge in [0.05, 0.1) is 6.61 Å². The summed E-state index contributed by atoms with van der Waals surface area (Å²) in [5, 5.41) is 3.13. The summed E-state index contributed by atoms with van der Waals surface area (Å²) in [4.78, 5) is 14.6. The molecule has 0 aromatic rings. The number of rotatable bonds is 12. The molecule has 1 fully saturated rings. The quantitative estimate of drug-likeness (QED) is 0.444. The Hall–Kier alpha value is -0.610. The second-order valence-electron chi connectivity index (χ2n) is 6.38. The molecule has 124 valence electrons. The molecule has 1 atom stereocenters. The molecule has 0 spiro atoms. The molecule has 4 heteroatoms. The predicted molar refractivity (Wildman–Crippen MR) is 87.5 cm³/mol. The minimum atomic E-state index is -0.538. The first-order chi connectivity index (χ1) is 10.1. The Morgan fingerprint density at radius 3 is 2.43 bits per heavy atom. The van der Waals surface area contributed by atoms with Crippen LogP contribution in [0.3, 0.4) is 0 Å². The predicted octanol–water partition coefficient (Wildman–Crippen LogP) is 2.96. The second-order valence-corrected chi connectivity index (χ2v) is 6.38. The van der Waals surface area contributed by atoms with Crippen molar-refractivity contribution in [3.8, 4) is 0 Å². The smallest absolute Gasteiger partial charge is 0.326 e. The van der Waals surface area contributed by atoms with Crippen LogP contribution in [0.5, 0.6) is 0 Å². The maximum absolute atomic E-state index is 12.0. The third kappa shape index (κ3) is 6.35. The Morgan fingerprint density at radius 1 is 1.24 bits per heavy atom. The van der Waals surface area contributed by atoms with E-state index in [0.29, 0.717) is 6.61 Å². The SMILES string of the molecule is CCCCN(CCCCC(C)(NC)C(=O)OCC)C1CC1. The Bertz CT molecular complexity index is 305. The van der Waals surface area contributed by atoms with Gasteiger partial charge in [0.2, 0.25) is 0 Å². The van der Waals surface area contributed by atoms with Gasteiger partial charge in [0.1, 0.15) is 5.54 Å². The molecule has 21 heavy (non-hydrogen) atoms. The van der Waals surface area contributed by atoms with Gasteiger partial charge in [-0.2, -0.15) is 0 Å². The molecule has 1 rings (SSSR count). The first kappa shape index (κ1) is 18.4. The standard InChI is InChI=1S/C17H34N2O2/c1-5-7-13-19(15-10-11-15)14-9-8-12-17(3,18-4)16(20)21-6-2/h15,18H,5-14H2,1-4H3. The summed E-state index contributed by atoms with van der Waals surface area (Å²) >= 11 is 0. The van der Waals surface area contributed by atoms with E-state index in [1.807, 2.05) is 20.9 Å². The molecule has 1 unspecified atom stereocenters. The molecular weight excluding hydrogens is 264 g/mol. The van der Waals surface area contributed by atoms with Crippen molar-refractivity contribution in [2.24, 2.45) is 0 Å². The van der Waals surface area contributed by atoms with Gasteiger partial charge in [-0.3, -0.25) is 4.79 Å². The van der Waals surface area contributed by atoms with E-state index in [1.165, 1.54) is 38.8 Å². The highest BCUT2D eigenvalue weighted by Gasteiger charge is 2.32. The van der Waals surface area contributed by atoms with Crippen molar-refractivity contribution in [2.75, 3.05) is 26.7 Å². The molecule has 0 aliphatic heterocycles. The van der Waals surface area contributed by atoms with Crippen LogP contribution in [-0.4, -0.2) is 49.2 Å². The maximum atomic E-state index is 12.0. The van der Waals surface area contributed by atoms with Gasteiger partial charge >= 0.3 is 5.97 Å². The fourth-order valence-electron chi connectivity index (χ4n) is 2.69. The van der Waals surface area contributed by atoms with Crippen molar-refractivity contribution >= 4 is 5.97 Å². The number of likely N-dealkylation sites (N-methyl/N-ethyl adjacent to an activating group) is 1. The number of carbonyl (C=O) groups excluding carboxylic acids is 1. The van der Waals surface area contributed by atoms with E-state index in [2.05, 4.69) is 17.1 Å². The van der Waals surface area contributed by atoms with Crippen molar-refractivity contribution in [3.05, 3.63) is 0 Å². The first-order valence-corrected chi connectivity index (χ1v) is 8.67. The molecule has 1 aliphatic rings. The van der Waals surface area contributed by atoms with Crippen molar-refractivity contribution < 1.29 is 9.53 Å². The number of nitrogens with one attached hydrogen (secondary N) is 1. The first-order valence-electron chi connectivity index (χ1n) is 8.67. The third-order valence-electron chi connectivity index (χ3n) is 4.51. The fourth-order valence-corrected chi connectivity index (χ4v) is 2.69. The normalized spacial score (nSPS) is 17.8. The summed E-state index contributed by atoms with van der Waals surface area (Å²) in [5.41, 5.74) is -0.538. The molecule has 0 heterocycles. The number of hydrogen-bond acceptors (Lipinski definition) is 4. The Morgan fingerprint density at radius 2 is 1.90 bits per heavy atom. The van der Waals surface area contributed by atoms with Crippen molar-refractivity contribution in [2.45, 2.75) is 77.3 Å². The lowest BCUT2D eigenvalue weighted by atomic mass is 9.95. The van der Waals surface area contributed by atoms with Gasteiger partial charge in [0.15, 0.2) is 0 Å². The van der Waals surface area contributed by atoms with Crippen LogP contribution in [0.4, 0.5) is 0 Å². The highest BCUT2D eigenvalue weighted by molar-refractivity contribution is 5.80. The number of unbranched alkanes of at least 4 members (excludes halogenated alkanes) is 2. The van der Waals surface area contributed by atoms with Crippen molar-refractivity contribution in [1.29, 1.82) is 0 Å². The van der Waals surface area contributed by atoms with E-state index < -0.39 is 5.54 Å². The van der Waals surface area contributed by atoms with Crippen LogP contribution < -0.4 is 5.32 Å². The topological polar surface area (TPSA) is 41.6 Å². The number of ether oxygens (including phenoxy) is 1. The van der Waals surface area contributed by atoms with Gasteiger partial charge in [0.25, 0.3) is 0 Å². The van der Waals surface area contributed by atoms with Crippen LogP contribution in [0, 0.1) is 0 Å². The lowest BCUT2D eigenvalue weighted by Gasteiger charge is -2.27. The zero-order valence-corrected chi connectivity index (χ0v) is 14.4. The largest absolute Gasteiger partial charge is 0.465 e. The van der Waals surface area contributed by atoms with Crippen LogP contribution in [0.1, 0.15) is 65.7 Å². The van der Waals surface area contributed by atoms with E-state index >= 15 is 0 Å². The van der Waals surface area contributed by atoms with Gasteiger partial charge in [-0.15, -0.1) is 0 Å². The molecule has 0 aromatic heterocycles. The van der Waals surface area contributed by atoms with Crippen LogP contribution in [0.15, 0.2) is 0 Å². The number of hydrogen-bond donors (Lipinski definition) is 1. The summed E-state index contributed by atoms with van der Waals surface area (Å²) in [6, 6.07) is 0.845. The molecule has 1 aliphatic carbocycles. The average molecular weight is 298 g/mol. The van der Waals surface area contributed by atoms with Crippen LogP contribution >= 0.6 is 0 Å². The van der Waals surface area contributed by atoms with Gasteiger partial charge in [-0.25, -0.2) is 0 Å². The van der Waals surface area contributed by atoms with E-state index in [4.69, 9.17) is 4.74 Å². The number of esters is 1. The minimum absolute atomic E-state index is 0.127. The summed E-state index contributed by atoms with van der Waals surface area (Å²) in [5.74, 6) is -0.127. The third-order valence-corrected chi connectivity index (χ3v) is 4.51. The number of carbonyl (C=O) groups is 1. The van der Waals surface area contributed by atoms with E-state index in [-0.39, 0.29) is 5.97 Å². The maximum Gasteiger partial charge on any atom is 0.326 e. The van der Waals surface area contributed by atoms with Crippen LogP contribution in [0.25, 0.3) is 0 Å². The Kier molecular flexibility index (Phi) is 8.27. The fraction of sp³-hybridized carbons (Fsp3) is 0.941. The Balaban J connectivity index is 2.28.